The summed E-state index contributed by atoms with van der Waals surface area (Å²) in [6.45, 7) is 5.10. The van der Waals surface area contributed by atoms with Crippen molar-refractivity contribution in [2.24, 2.45) is 16.6 Å². The Balaban J connectivity index is 2.16. The summed E-state index contributed by atoms with van der Waals surface area (Å²) in [5.41, 5.74) is 6.66. The Hall–Kier alpha value is -1.49. The average Bonchev–Trinajstić information content (AvgIpc) is 2.41. The average molecular weight is 294 g/mol. The van der Waals surface area contributed by atoms with E-state index in [1.807, 2.05) is 0 Å². The Bertz CT molecular complexity index is 533. The van der Waals surface area contributed by atoms with Gasteiger partial charge in [0.25, 0.3) is 0 Å². The van der Waals surface area contributed by atoms with E-state index in [1.54, 1.807) is 6.07 Å². The lowest BCUT2D eigenvalue weighted by atomic mass is 9.63. The van der Waals surface area contributed by atoms with Crippen molar-refractivity contribution in [3.05, 3.63) is 39.7 Å². The first-order valence-corrected chi connectivity index (χ1v) is 7.40. The van der Waals surface area contributed by atoms with Crippen LogP contribution in [0.2, 0.25) is 0 Å². The van der Waals surface area contributed by atoms with Crippen molar-refractivity contribution in [3.8, 4) is 0 Å². The zero-order chi connectivity index (χ0) is 15.7. The minimum absolute atomic E-state index is 0.00189. The molecule has 0 aliphatic heterocycles. The molecule has 0 spiro atoms. The van der Waals surface area contributed by atoms with Crippen LogP contribution in [0, 0.1) is 26.8 Å². The van der Waals surface area contributed by atoms with E-state index >= 15 is 0 Å². The van der Waals surface area contributed by atoms with Crippen molar-refractivity contribution in [2.45, 2.75) is 46.0 Å². The van der Waals surface area contributed by atoms with Crippen LogP contribution in [0.1, 0.15) is 45.1 Å². The molecular weight excluding hydrogens is 271 g/mol. The van der Waals surface area contributed by atoms with Crippen molar-refractivity contribution in [1.82, 2.24) is 0 Å². The zero-order valence-electron chi connectivity index (χ0n) is 12.7. The number of nitrogens with zero attached hydrogens (tertiary/aromatic N) is 1. The Morgan fingerprint density at radius 1 is 1.29 bits per heavy atom. The monoisotopic (exact) mass is 294 g/mol. The maximum atomic E-state index is 13.7. The molecule has 1 aromatic rings. The fraction of sp³-hybridized carbons (Fsp3) is 0.625. The fourth-order valence-electron chi connectivity index (χ4n) is 3.15. The smallest absolute Gasteiger partial charge is 0.304 e. The molecule has 5 heteroatoms. The fourth-order valence-corrected chi connectivity index (χ4v) is 3.15. The van der Waals surface area contributed by atoms with Gasteiger partial charge in [0.2, 0.25) is 5.82 Å². The van der Waals surface area contributed by atoms with Crippen LogP contribution in [-0.4, -0.2) is 11.5 Å². The third-order valence-electron chi connectivity index (χ3n) is 4.89. The summed E-state index contributed by atoms with van der Waals surface area (Å²) in [6, 6.07) is 4.19. The molecule has 1 aliphatic carbocycles. The molecule has 1 aliphatic rings. The third kappa shape index (κ3) is 3.59. The number of nitro benzene ring substituents is 1. The van der Waals surface area contributed by atoms with Gasteiger partial charge in [-0.15, -0.1) is 0 Å². The van der Waals surface area contributed by atoms with E-state index in [0.29, 0.717) is 18.4 Å². The van der Waals surface area contributed by atoms with E-state index in [4.69, 9.17) is 5.73 Å². The molecule has 21 heavy (non-hydrogen) atoms. The van der Waals surface area contributed by atoms with E-state index in [9.17, 15) is 14.5 Å². The van der Waals surface area contributed by atoms with Crippen LogP contribution in [0.25, 0.3) is 0 Å². The second-order valence-electron chi connectivity index (χ2n) is 7.09. The van der Waals surface area contributed by atoms with E-state index in [0.717, 1.165) is 31.2 Å². The lowest BCUT2D eigenvalue weighted by Crippen LogP contribution is -2.39. The van der Waals surface area contributed by atoms with Crippen LogP contribution < -0.4 is 5.73 Å². The van der Waals surface area contributed by atoms with E-state index in [1.165, 1.54) is 12.1 Å². The van der Waals surface area contributed by atoms with Gasteiger partial charge in [0.1, 0.15) is 0 Å². The van der Waals surface area contributed by atoms with E-state index < -0.39 is 16.4 Å². The van der Waals surface area contributed by atoms with Crippen LogP contribution in [0.3, 0.4) is 0 Å². The molecule has 0 atom stereocenters. The molecule has 1 fully saturated rings. The Kier molecular flexibility index (Phi) is 4.33. The predicted octanol–water partition coefficient (Wildman–Crippen LogP) is 3.82. The standard InChI is InChI=1S/C16H23FN2O2/c1-15(2)5-7-16(11-18,8-6-15)10-12-3-4-14(19(20)21)13(17)9-12/h3-4,9H,5-8,10-11,18H2,1-2H3. The molecule has 0 aromatic heterocycles. The number of hydrogen-bond acceptors (Lipinski definition) is 3. The van der Waals surface area contributed by atoms with Gasteiger partial charge >= 0.3 is 5.69 Å². The van der Waals surface area contributed by atoms with Gasteiger partial charge in [-0.1, -0.05) is 19.9 Å². The largest absolute Gasteiger partial charge is 0.330 e. The molecule has 1 saturated carbocycles. The van der Waals surface area contributed by atoms with Crippen molar-refractivity contribution < 1.29 is 9.31 Å². The first kappa shape index (κ1) is 15.9. The molecule has 0 radical (unpaired) electrons. The SMILES string of the molecule is CC1(C)CCC(CN)(Cc2ccc([N+](=O)[O-])c(F)c2)CC1. The van der Waals surface area contributed by atoms with E-state index in [-0.39, 0.29) is 5.41 Å². The molecule has 4 nitrogen and oxygen atoms in total. The summed E-state index contributed by atoms with van der Waals surface area (Å²) in [5.74, 6) is -0.763. The molecular formula is C16H23FN2O2. The molecule has 2 rings (SSSR count). The molecule has 0 saturated heterocycles. The third-order valence-corrected chi connectivity index (χ3v) is 4.89. The normalized spacial score (nSPS) is 20.2. The van der Waals surface area contributed by atoms with Gasteiger partial charge in [-0.05, 0) is 61.1 Å². The van der Waals surface area contributed by atoms with Crippen LogP contribution in [0.5, 0.6) is 0 Å². The maximum Gasteiger partial charge on any atom is 0.304 e. The van der Waals surface area contributed by atoms with Crippen molar-refractivity contribution in [3.63, 3.8) is 0 Å². The number of hydrogen-bond donors (Lipinski definition) is 1. The highest BCUT2D eigenvalue weighted by Crippen LogP contribution is 2.46. The number of rotatable bonds is 4. The zero-order valence-corrected chi connectivity index (χ0v) is 12.7. The highest BCUT2D eigenvalue weighted by atomic mass is 19.1. The second-order valence-corrected chi connectivity index (χ2v) is 7.09. The van der Waals surface area contributed by atoms with E-state index in [2.05, 4.69) is 13.8 Å². The van der Waals surface area contributed by atoms with Crippen molar-refractivity contribution in [1.29, 1.82) is 0 Å². The van der Waals surface area contributed by atoms with Gasteiger partial charge in [0, 0.05) is 6.07 Å². The summed E-state index contributed by atoms with van der Waals surface area (Å²) in [4.78, 5) is 9.97. The predicted molar refractivity (Wildman–Crippen MR) is 80.5 cm³/mol. The first-order valence-electron chi connectivity index (χ1n) is 7.40. The topological polar surface area (TPSA) is 69.2 Å². The van der Waals surface area contributed by atoms with Crippen molar-refractivity contribution in [2.75, 3.05) is 6.54 Å². The molecule has 1 aromatic carbocycles. The molecule has 2 N–H and O–H groups in total. The minimum atomic E-state index is -0.763. The number of nitrogens with two attached hydrogens (primary N) is 1. The molecule has 0 unspecified atom stereocenters. The van der Waals surface area contributed by atoms with Crippen LogP contribution in [-0.2, 0) is 6.42 Å². The maximum absolute atomic E-state index is 13.7. The first-order chi connectivity index (χ1) is 9.77. The lowest BCUT2D eigenvalue weighted by molar-refractivity contribution is -0.387. The summed E-state index contributed by atoms with van der Waals surface area (Å²) in [5, 5.41) is 10.7. The number of halogens is 1. The van der Waals surface area contributed by atoms with Gasteiger partial charge in [-0.3, -0.25) is 10.1 Å². The minimum Gasteiger partial charge on any atom is -0.330 e. The quantitative estimate of drug-likeness (QED) is 0.678. The van der Waals surface area contributed by atoms with Gasteiger partial charge in [-0.2, -0.15) is 4.39 Å². The molecule has 0 heterocycles. The highest BCUT2D eigenvalue weighted by molar-refractivity contribution is 5.35. The number of benzene rings is 1. The van der Waals surface area contributed by atoms with Gasteiger partial charge < -0.3 is 5.73 Å². The summed E-state index contributed by atoms with van der Waals surface area (Å²) < 4.78 is 13.7. The Morgan fingerprint density at radius 2 is 1.90 bits per heavy atom. The summed E-state index contributed by atoms with van der Waals surface area (Å²) >= 11 is 0. The Labute approximate surface area is 124 Å². The lowest BCUT2D eigenvalue weighted by Gasteiger charge is -2.43. The molecule has 0 amide bonds. The van der Waals surface area contributed by atoms with Crippen LogP contribution >= 0.6 is 0 Å². The molecule has 0 bridgehead atoms. The van der Waals surface area contributed by atoms with Gasteiger partial charge in [-0.25, -0.2) is 0 Å². The highest BCUT2D eigenvalue weighted by Gasteiger charge is 2.37. The summed E-state index contributed by atoms with van der Waals surface area (Å²) in [6.07, 6.45) is 4.96. The summed E-state index contributed by atoms with van der Waals surface area (Å²) in [7, 11) is 0. The van der Waals surface area contributed by atoms with Crippen molar-refractivity contribution >= 4 is 5.69 Å². The Morgan fingerprint density at radius 3 is 2.38 bits per heavy atom. The van der Waals surface area contributed by atoms with Crippen LogP contribution in [0.4, 0.5) is 10.1 Å². The van der Waals surface area contributed by atoms with Gasteiger partial charge in [0.15, 0.2) is 0 Å². The second kappa shape index (κ2) is 5.72. The van der Waals surface area contributed by atoms with Crippen LogP contribution in [0.15, 0.2) is 18.2 Å². The van der Waals surface area contributed by atoms with Gasteiger partial charge in [0.05, 0.1) is 4.92 Å². The number of nitro groups is 1. The molecule has 116 valence electrons.